The number of rotatable bonds is 3. The summed E-state index contributed by atoms with van der Waals surface area (Å²) in [5.41, 5.74) is 0.355. The van der Waals surface area contributed by atoms with Crippen LogP contribution in [0.3, 0.4) is 0 Å². The molecule has 4 heteroatoms. The summed E-state index contributed by atoms with van der Waals surface area (Å²) in [5, 5.41) is 3.14. The first-order valence-corrected chi connectivity index (χ1v) is 5.86. The van der Waals surface area contributed by atoms with Gasteiger partial charge in [0.1, 0.15) is 12.0 Å². The minimum absolute atomic E-state index is 0.0593. The normalized spacial score (nSPS) is 22.3. The molecular formula is C12H14ClF2N. The Morgan fingerprint density at radius 2 is 2.31 bits per heavy atom. The molecule has 0 radical (unpaired) electrons. The molecule has 1 nitrogen and oxygen atoms in total. The first-order valence-electron chi connectivity index (χ1n) is 5.49. The Balaban J connectivity index is 2.05. The van der Waals surface area contributed by atoms with Crippen LogP contribution >= 0.6 is 11.6 Å². The van der Waals surface area contributed by atoms with Crippen LogP contribution in [0.1, 0.15) is 18.4 Å². The molecule has 1 aromatic rings. The molecule has 0 aliphatic carbocycles. The van der Waals surface area contributed by atoms with Crippen LogP contribution in [0, 0.1) is 5.82 Å². The van der Waals surface area contributed by atoms with E-state index >= 15 is 0 Å². The summed E-state index contributed by atoms with van der Waals surface area (Å²) >= 11 is 5.64. The molecule has 0 aromatic heterocycles. The fourth-order valence-corrected chi connectivity index (χ4v) is 2.27. The molecule has 2 atom stereocenters. The van der Waals surface area contributed by atoms with Crippen molar-refractivity contribution in [2.45, 2.75) is 31.5 Å². The van der Waals surface area contributed by atoms with Crippen molar-refractivity contribution in [3.05, 3.63) is 34.6 Å². The minimum Gasteiger partial charge on any atom is -0.311 e. The highest BCUT2D eigenvalue weighted by molar-refractivity contribution is 6.30. The Morgan fingerprint density at radius 1 is 1.50 bits per heavy atom. The highest BCUT2D eigenvalue weighted by Gasteiger charge is 2.25. The molecule has 0 bridgehead atoms. The second-order valence-electron chi connectivity index (χ2n) is 4.14. The Bertz CT molecular complexity index is 364. The van der Waals surface area contributed by atoms with Crippen LogP contribution in [0.2, 0.25) is 5.02 Å². The van der Waals surface area contributed by atoms with Crippen LogP contribution in [-0.2, 0) is 6.42 Å². The van der Waals surface area contributed by atoms with Gasteiger partial charge in [-0.3, -0.25) is 0 Å². The van der Waals surface area contributed by atoms with E-state index in [1.165, 1.54) is 6.07 Å². The maximum Gasteiger partial charge on any atom is 0.145 e. The fourth-order valence-electron chi connectivity index (χ4n) is 2.08. The van der Waals surface area contributed by atoms with Crippen molar-refractivity contribution in [3.63, 3.8) is 0 Å². The van der Waals surface area contributed by atoms with Crippen LogP contribution in [0.25, 0.3) is 0 Å². The van der Waals surface area contributed by atoms with Crippen LogP contribution in [0.15, 0.2) is 18.2 Å². The van der Waals surface area contributed by atoms with Gasteiger partial charge >= 0.3 is 0 Å². The number of halogens is 3. The number of hydrogen-bond acceptors (Lipinski definition) is 1. The molecule has 1 aromatic carbocycles. The molecule has 2 rings (SSSR count). The molecule has 1 aliphatic rings. The zero-order chi connectivity index (χ0) is 11.5. The van der Waals surface area contributed by atoms with Crippen LogP contribution in [0.5, 0.6) is 0 Å². The lowest BCUT2D eigenvalue weighted by atomic mass is 10.0. The number of alkyl halides is 1. The molecule has 0 amide bonds. The van der Waals surface area contributed by atoms with Gasteiger partial charge in [-0.15, -0.1) is 0 Å². The van der Waals surface area contributed by atoms with Crippen molar-refractivity contribution in [1.82, 2.24) is 5.32 Å². The topological polar surface area (TPSA) is 12.0 Å². The average Bonchev–Trinajstić information content (AvgIpc) is 2.78. The molecule has 1 heterocycles. The molecule has 0 saturated carbocycles. The van der Waals surface area contributed by atoms with Gasteiger partial charge in [0.15, 0.2) is 0 Å². The molecular weight excluding hydrogens is 232 g/mol. The van der Waals surface area contributed by atoms with Crippen LogP contribution in [-0.4, -0.2) is 18.8 Å². The van der Waals surface area contributed by atoms with E-state index in [1.54, 1.807) is 12.1 Å². The number of nitrogens with one attached hydrogen (secondary N) is 1. The van der Waals surface area contributed by atoms with Gasteiger partial charge in [-0.1, -0.05) is 23.7 Å². The van der Waals surface area contributed by atoms with E-state index in [9.17, 15) is 8.78 Å². The largest absolute Gasteiger partial charge is 0.311 e. The molecule has 1 fully saturated rings. The fraction of sp³-hybridized carbons (Fsp3) is 0.500. The highest BCUT2D eigenvalue weighted by Crippen LogP contribution is 2.22. The number of hydrogen-bond donors (Lipinski definition) is 1. The van der Waals surface area contributed by atoms with E-state index in [4.69, 9.17) is 11.6 Å². The van der Waals surface area contributed by atoms with Gasteiger partial charge in [0.2, 0.25) is 0 Å². The third kappa shape index (κ3) is 2.53. The third-order valence-electron chi connectivity index (χ3n) is 2.98. The first kappa shape index (κ1) is 11.8. The Hall–Kier alpha value is -0.670. The second kappa shape index (κ2) is 5.11. The molecule has 1 aliphatic heterocycles. The molecule has 0 spiro atoms. The Labute approximate surface area is 98.8 Å². The van der Waals surface area contributed by atoms with Gasteiger partial charge in [-0.05, 0) is 31.0 Å². The van der Waals surface area contributed by atoms with E-state index in [2.05, 4.69) is 5.32 Å². The molecule has 16 heavy (non-hydrogen) atoms. The lowest BCUT2D eigenvalue weighted by molar-refractivity contribution is 0.261. The predicted molar refractivity (Wildman–Crippen MR) is 61.0 cm³/mol. The van der Waals surface area contributed by atoms with E-state index in [0.717, 1.165) is 19.4 Å². The third-order valence-corrected chi connectivity index (χ3v) is 3.27. The maximum absolute atomic E-state index is 13.8. The molecule has 1 saturated heterocycles. The van der Waals surface area contributed by atoms with Gasteiger partial charge in [-0.2, -0.15) is 0 Å². The summed E-state index contributed by atoms with van der Waals surface area (Å²) in [6.07, 6.45) is 0.853. The smallest absolute Gasteiger partial charge is 0.145 e. The van der Waals surface area contributed by atoms with Crippen molar-refractivity contribution in [2.75, 3.05) is 6.54 Å². The maximum atomic E-state index is 13.8. The lowest BCUT2D eigenvalue weighted by Crippen LogP contribution is -2.33. The lowest BCUT2D eigenvalue weighted by Gasteiger charge is -2.16. The molecule has 2 unspecified atom stereocenters. The standard InChI is InChI=1S/C12H14ClF2N/c13-9-4-1-3-8(12(9)15)7-10(14)11-5-2-6-16-11/h1,3-4,10-11,16H,2,5-7H2. The number of benzene rings is 1. The van der Waals surface area contributed by atoms with Crippen molar-refractivity contribution >= 4 is 11.6 Å². The van der Waals surface area contributed by atoms with E-state index in [1.807, 2.05) is 0 Å². The monoisotopic (exact) mass is 245 g/mol. The molecule has 1 N–H and O–H groups in total. The van der Waals surface area contributed by atoms with Crippen molar-refractivity contribution in [2.24, 2.45) is 0 Å². The van der Waals surface area contributed by atoms with Gasteiger partial charge in [-0.25, -0.2) is 8.78 Å². The van der Waals surface area contributed by atoms with E-state index in [-0.39, 0.29) is 17.5 Å². The van der Waals surface area contributed by atoms with Crippen molar-refractivity contribution in [1.29, 1.82) is 0 Å². The van der Waals surface area contributed by atoms with E-state index in [0.29, 0.717) is 5.56 Å². The molecule has 88 valence electrons. The first-order chi connectivity index (χ1) is 7.68. The predicted octanol–water partition coefficient (Wildman–Crippen LogP) is 3.11. The van der Waals surface area contributed by atoms with Crippen LogP contribution < -0.4 is 5.32 Å². The highest BCUT2D eigenvalue weighted by atomic mass is 35.5. The summed E-state index contributed by atoms with van der Waals surface area (Å²) in [7, 11) is 0. The Morgan fingerprint density at radius 3 is 3.00 bits per heavy atom. The van der Waals surface area contributed by atoms with Crippen molar-refractivity contribution < 1.29 is 8.78 Å². The van der Waals surface area contributed by atoms with Gasteiger partial charge in [0.05, 0.1) is 5.02 Å². The van der Waals surface area contributed by atoms with Gasteiger partial charge < -0.3 is 5.32 Å². The summed E-state index contributed by atoms with van der Waals surface area (Å²) in [6.45, 7) is 0.850. The minimum atomic E-state index is -1.05. The second-order valence-corrected chi connectivity index (χ2v) is 4.54. The summed E-state index contributed by atoms with van der Waals surface area (Å²) in [5.74, 6) is -0.496. The SMILES string of the molecule is Fc1c(Cl)cccc1CC(F)C1CCCN1. The zero-order valence-electron chi connectivity index (χ0n) is 8.85. The van der Waals surface area contributed by atoms with Crippen LogP contribution in [0.4, 0.5) is 8.78 Å². The van der Waals surface area contributed by atoms with Gasteiger partial charge in [0.25, 0.3) is 0 Å². The summed E-state index contributed by atoms with van der Waals surface area (Å²) in [6, 6.07) is 4.57. The van der Waals surface area contributed by atoms with Crippen molar-refractivity contribution in [3.8, 4) is 0 Å². The quantitative estimate of drug-likeness (QED) is 0.863. The average molecular weight is 246 g/mol. The van der Waals surface area contributed by atoms with Gasteiger partial charge in [0, 0.05) is 12.5 Å². The Kier molecular flexibility index (Phi) is 3.77. The zero-order valence-corrected chi connectivity index (χ0v) is 9.61. The van der Waals surface area contributed by atoms with E-state index < -0.39 is 12.0 Å². The summed E-state index contributed by atoms with van der Waals surface area (Å²) in [4.78, 5) is 0. The summed E-state index contributed by atoms with van der Waals surface area (Å²) < 4.78 is 27.4.